The van der Waals surface area contributed by atoms with Gasteiger partial charge in [-0.1, -0.05) is 0 Å². The molecule has 39 heavy (non-hydrogen) atoms. The van der Waals surface area contributed by atoms with E-state index in [1.165, 1.54) is 32.6 Å². The number of aromatic amines is 1. The second-order valence-electron chi connectivity index (χ2n) is 9.38. The zero-order chi connectivity index (χ0) is 27.6. The minimum absolute atomic E-state index is 0.181. The van der Waals surface area contributed by atoms with Crippen molar-refractivity contribution < 1.29 is 14.3 Å². The summed E-state index contributed by atoms with van der Waals surface area (Å²) in [7, 11) is 0. The Hall–Kier alpha value is -5.15. The van der Waals surface area contributed by atoms with Crippen LogP contribution in [0.3, 0.4) is 0 Å². The number of benzene rings is 1. The van der Waals surface area contributed by atoms with Crippen LogP contribution in [0.2, 0.25) is 0 Å². The quantitative estimate of drug-likeness (QED) is 0.239. The lowest BCUT2D eigenvalue weighted by molar-refractivity contribution is -0.00177. The van der Waals surface area contributed by atoms with Gasteiger partial charge in [-0.05, 0) is 62.4 Å². The van der Waals surface area contributed by atoms with Gasteiger partial charge in [0.25, 0.3) is 5.91 Å². The monoisotopic (exact) mass is 525 g/mol. The molecule has 4 aromatic heterocycles. The number of amides is 1. The summed E-state index contributed by atoms with van der Waals surface area (Å²) in [6.45, 7) is 2.30. The van der Waals surface area contributed by atoms with Gasteiger partial charge < -0.3 is 15.7 Å². The molecule has 196 valence electrons. The summed E-state index contributed by atoms with van der Waals surface area (Å²) < 4.78 is 15.9. The first-order valence-electron chi connectivity index (χ1n) is 12.0. The number of hydrogen-bond donors (Lipinski definition) is 4. The SMILES string of the molecule is CC(C)(O)C(F)CNC(=O)c1cnc(-c2ccc3cc(C#N)cnn23)cc1Nc1ccc(-c2nc[nH]n2)cc1. The van der Waals surface area contributed by atoms with Gasteiger partial charge in [0.2, 0.25) is 0 Å². The zero-order valence-corrected chi connectivity index (χ0v) is 21.1. The lowest BCUT2D eigenvalue weighted by Crippen LogP contribution is -2.42. The van der Waals surface area contributed by atoms with Gasteiger partial charge in [-0.3, -0.25) is 14.9 Å². The molecular formula is C27H24FN9O2. The van der Waals surface area contributed by atoms with E-state index in [-0.39, 0.29) is 12.1 Å². The first-order chi connectivity index (χ1) is 18.7. The Kier molecular flexibility index (Phi) is 6.74. The Morgan fingerprint density at radius 1 is 1.18 bits per heavy atom. The Balaban J connectivity index is 1.49. The van der Waals surface area contributed by atoms with E-state index in [1.807, 2.05) is 36.4 Å². The molecule has 12 heteroatoms. The standard InChI is InChI=1S/C27H24FN9O2/c1-27(2,39)24(28)14-31-26(38)20-13-30-22(23-8-7-19-9-16(11-29)12-34-37(19)23)10-21(20)35-18-5-3-17(4-6-18)25-32-15-33-36-25/h3-10,12-13,15,24,39H,14H2,1-2H3,(H,30,35)(H,31,38)(H,32,33,36). The molecule has 1 unspecified atom stereocenters. The van der Waals surface area contributed by atoms with Crippen LogP contribution < -0.4 is 10.6 Å². The molecule has 4 heterocycles. The van der Waals surface area contributed by atoms with E-state index in [0.717, 1.165) is 5.56 Å². The van der Waals surface area contributed by atoms with Crippen LogP contribution in [0.25, 0.3) is 28.3 Å². The molecular weight excluding hydrogens is 501 g/mol. The fourth-order valence-electron chi connectivity index (χ4n) is 3.87. The lowest BCUT2D eigenvalue weighted by Gasteiger charge is -2.22. The van der Waals surface area contributed by atoms with Crippen molar-refractivity contribution in [1.29, 1.82) is 5.26 Å². The molecule has 11 nitrogen and oxygen atoms in total. The van der Waals surface area contributed by atoms with E-state index in [2.05, 4.69) is 42.0 Å². The zero-order valence-electron chi connectivity index (χ0n) is 21.1. The van der Waals surface area contributed by atoms with Crippen molar-refractivity contribution in [3.05, 3.63) is 78.4 Å². The maximum atomic E-state index is 14.3. The van der Waals surface area contributed by atoms with Gasteiger partial charge in [0.15, 0.2) is 5.82 Å². The molecule has 1 amide bonds. The number of aliphatic hydroxyl groups is 1. The van der Waals surface area contributed by atoms with E-state index in [1.54, 1.807) is 16.6 Å². The van der Waals surface area contributed by atoms with E-state index in [0.29, 0.717) is 39.7 Å². The van der Waals surface area contributed by atoms with Crippen molar-refractivity contribution in [1.82, 2.24) is 35.1 Å². The average molecular weight is 526 g/mol. The predicted molar refractivity (Wildman–Crippen MR) is 142 cm³/mol. The summed E-state index contributed by atoms with van der Waals surface area (Å²) >= 11 is 0. The van der Waals surface area contributed by atoms with Crippen molar-refractivity contribution in [2.45, 2.75) is 25.6 Å². The molecule has 0 saturated heterocycles. The fraction of sp³-hybridized carbons (Fsp3) is 0.185. The minimum Gasteiger partial charge on any atom is -0.387 e. The predicted octanol–water partition coefficient (Wildman–Crippen LogP) is 3.64. The number of rotatable bonds is 8. The van der Waals surface area contributed by atoms with E-state index >= 15 is 0 Å². The Morgan fingerprint density at radius 3 is 2.67 bits per heavy atom. The van der Waals surface area contributed by atoms with Gasteiger partial charge in [-0.2, -0.15) is 15.5 Å². The highest BCUT2D eigenvalue weighted by Crippen LogP contribution is 2.28. The van der Waals surface area contributed by atoms with Gasteiger partial charge in [0.1, 0.15) is 18.6 Å². The average Bonchev–Trinajstić information content (AvgIpc) is 3.61. The summed E-state index contributed by atoms with van der Waals surface area (Å²) in [5.41, 5.74) is 2.79. The number of hydrogen-bond acceptors (Lipinski definition) is 8. The highest BCUT2D eigenvalue weighted by Gasteiger charge is 2.27. The number of halogens is 1. The summed E-state index contributed by atoms with van der Waals surface area (Å²) in [6.07, 6.45) is 2.69. The third kappa shape index (κ3) is 5.43. The number of nitriles is 1. The minimum atomic E-state index is -1.66. The van der Waals surface area contributed by atoms with Gasteiger partial charge >= 0.3 is 0 Å². The maximum absolute atomic E-state index is 14.3. The second-order valence-corrected chi connectivity index (χ2v) is 9.38. The number of carbonyl (C=O) groups is 1. The number of aromatic nitrogens is 6. The van der Waals surface area contributed by atoms with E-state index < -0.39 is 17.7 Å². The maximum Gasteiger partial charge on any atom is 0.255 e. The Morgan fingerprint density at radius 2 is 1.97 bits per heavy atom. The lowest BCUT2D eigenvalue weighted by atomic mass is 10.0. The van der Waals surface area contributed by atoms with Crippen LogP contribution >= 0.6 is 0 Å². The molecule has 1 aromatic carbocycles. The molecule has 0 radical (unpaired) electrons. The largest absolute Gasteiger partial charge is 0.387 e. The molecule has 0 saturated carbocycles. The van der Waals surface area contributed by atoms with Crippen LogP contribution in [0.4, 0.5) is 15.8 Å². The van der Waals surface area contributed by atoms with E-state index in [4.69, 9.17) is 5.26 Å². The molecule has 5 rings (SSSR count). The molecule has 0 aliphatic heterocycles. The topological polar surface area (TPSA) is 157 Å². The summed E-state index contributed by atoms with van der Waals surface area (Å²) in [6, 6.07) is 16.4. The first-order valence-corrected chi connectivity index (χ1v) is 12.0. The van der Waals surface area contributed by atoms with Gasteiger partial charge in [0.05, 0.1) is 52.1 Å². The molecule has 0 fully saturated rings. The van der Waals surface area contributed by atoms with Crippen molar-refractivity contribution >= 4 is 22.8 Å². The van der Waals surface area contributed by atoms with Crippen LogP contribution in [-0.4, -0.2) is 59.1 Å². The summed E-state index contributed by atoms with van der Waals surface area (Å²) in [4.78, 5) is 21.7. The first kappa shape index (κ1) is 25.5. The normalized spacial score (nSPS) is 12.2. The Labute approximate surface area is 222 Å². The van der Waals surface area contributed by atoms with Crippen LogP contribution in [0, 0.1) is 11.3 Å². The van der Waals surface area contributed by atoms with Crippen molar-refractivity contribution in [2.24, 2.45) is 0 Å². The van der Waals surface area contributed by atoms with Crippen LogP contribution in [0.1, 0.15) is 29.8 Å². The van der Waals surface area contributed by atoms with Crippen LogP contribution in [0.15, 0.2) is 67.3 Å². The summed E-state index contributed by atoms with van der Waals surface area (Å²) in [5, 5.41) is 35.9. The number of anilines is 2. The third-order valence-corrected chi connectivity index (χ3v) is 6.09. The van der Waals surface area contributed by atoms with Crippen molar-refractivity contribution in [2.75, 3.05) is 11.9 Å². The highest BCUT2D eigenvalue weighted by molar-refractivity contribution is 6.00. The summed E-state index contributed by atoms with van der Waals surface area (Å²) in [5.74, 6) is -0.00911. The Bertz CT molecular complexity index is 1670. The van der Waals surface area contributed by atoms with E-state index in [9.17, 15) is 14.3 Å². The van der Waals surface area contributed by atoms with Crippen molar-refractivity contribution in [3.8, 4) is 28.8 Å². The molecule has 0 bridgehead atoms. The van der Waals surface area contributed by atoms with Crippen LogP contribution in [-0.2, 0) is 0 Å². The number of alkyl halides is 1. The molecule has 0 aliphatic carbocycles. The molecule has 0 spiro atoms. The van der Waals surface area contributed by atoms with Crippen LogP contribution in [0.5, 0.6) is 0 Å². The number of nitrogens with one attached hydrogen (secondary N) is 3. The van der Waals surface area contributed by atoms with Gasteiger partial charge in [0, 0.05) is 17.4 Å². The molecule has 4 N–H and O–H groups in total. The highest BCUT2D eigenvalue weighted by atomic mass is 19.1. The number of carbonyl (C=O) groups excluding carboxylic acids is 1. The second kappa shape index (κ2) is 10.3. The smallest absolute Gasteiger partial charge is 0.255 e. The number of H-pyrrole nitrogens is 1. The molecule has 5 aromatic rings. The van der Waals surface area contributed by atoms with Gasteiger partial charge in [-0.25, -0.2) is 13.9 Å². The van der Waals surface area contributed by atoms with Gasteiger partial charge in [-0.15, -0.1) is 0 Å². The molecule has 0 aliphatic rings. The number of nitrogens with zero attached hydrogens (tertiary/aromatic N) is 6. The number of pyridine rings is 1. The molecule has 1 atom stereocenters. The fourth-order valence-corrected chi connectivity index (χ4v) is 3.87. The van der Waals surface area contributed by atoms with Crippen molar-refractivity contribution in [3.63, 3.8) is 0 Å². The third-order valence-electron chi connectivity index (χ3n) is 6.09. The number of fused-ring (bicyclic) bond motifs is 1.